The molecule has 0 aliphatic carbocycles. The summed E-state index contributed by atoms with van der Waals surface area (Å²) in [5, 5.41) is 0.690. The van der Waals surface area contributed by atoms with Gasteiger partial charge < -0.3 is 4.74 Å². The number of hydrogen-bond donors (Lipinski definition) is 0. The summed E-state index contributed by atoms with van der Waals surface area (Å²) in [5.74, 6) is -0.0419. The summed E-state index contributed by atoms with van der Waals surface area (Å²) in [7, 11) is 0. The second-order valence-corrected chi connectivity index (χ2v) is 9.03. The monoisotopic (exact) mass is 450 g/mol. The molecule has 1 aliphatic heterocycles. The molecule has 1 amide bonds. The van der Waals surface area contributed by atoms with Crippen LogP contribution in [-0.4, -0.2) is 39.3 Å². The van der Waals surface area contributed by atoms with Crippen molar-refractivity contribution < 1.29 is 9.53 Å². The molecule has 2 aromatic carbocycles. The van der Waals surface area contributed by atoms with Crippen molar-refractivity contribution in [3.05, 3.63) is 59.0 Å². The zero-order valence-corrected chi connectivity index (χ0v) is 18.9. The van der Waals surface area contributed by atoms with Crippen molar-refractivity contribution in [2.75, 3.05) is 18.1 Å². The van der Waals surface area contributed by atoms with Gasteiger partial charge in [0.1, 0.15) is 0 Å². The number of amides is 1. The lowest BCUT2D eigenvalue weighted by Crippen LogP contribution is -2.38. The molecule has 3 heterocycles. The highest BCUT2D eigenvalue weighted by molar-refractivity contribution is 7.22. The Hall–Kier alpha value is -2.97. The van der Waals surface area contributed by atoms with Gasteiger partial charge in [-0.25, -0.2) is 9.78 Å². The molecule has 0 N–H and O–H groups in total. The van der Waals surface area contributed by atoms with E-state index in [-0.39, 0.29) is 24.1 Å². The van der Waals surface area contributed by atoms with E-state index < -0.39 is 0 Å². The third-order valence-corrected chi connectivity index (χ3v) is 7.07. The number of carbonyl (C=O) groups is 1. The molecule has 0 spiro atoms. The lowest BCUT2D eigenvalue weighted by molar-refractivity contribution is -0.119. The van der Waals surface area contributed by atoms with Crippen LogP contribution < -0.4 is 10.6 Å². The Labute approximate surface area is 189 Å². The van der Waals surface area contributed by atoms with Crippen LogP contribution in [0.1, 0.15) is 26.2 Å². The standard InChI is InChI=1S/C24H26N4O3S/c1-2-26-19-10-4-5-11-20(19)27(24(26)30)14-13-22(29)28(16-17-8-7-15-31-17)23-25-18-9-3-6-12-21(18)32-23/h3-6,9-12,17H,2,7-8,13-16H2,1H3/t17-/m1/s1. The van der Waals surface area contributed by atoms with Crippen LogP contribution in [0.2, 0.25) is 0 Å². The number of benzene rings is 2. The van der Waals surface area contributed by atoms with Crippen molar-refractivity contribution in [1.29, 1.82) is 0 Å². The molecule has 0 radical (unpaired) electrons. The first-order valence-corrected chi connectivity index (χ1v) is 11.9. The average molecular weight is 451 g/mol. The highest BCUT2D eigenvalue weighted by atomic mass is 32.1. The molecular weight excluding hydrogens is 424 g/mol. The van der Waals surface area contributed by atoms with E-state index in [1.807, 2.05) is 55.5 Å². The number of nitrogens with zero attached hydrogens (tertiary/aromatic N) is 4. The van der Waals surface area contributed by atoms with Crippen LogP contribution >= 0.6 is 11.3 Å². The fourth-order valence-electron chi connectivity index (χ4n) is 4.39. The number of anilines is 1. The summed E-state index contributed by atoms with van der Waals surface area (Å²) in [6, 6.07) is 15.6. The zero-order chi connectivity index (χ0) is 22.1. The van der Waals surface area contributed by atoms with Crippen molar-refractivity contribution in [3.63, 3.8) is 0 Å². The normalized spacial score (nSPS) is 16.2. The maximum Gasteiger partial charge on any atom is 0.329 e. The van der Waals surface area contributed by atoms with Crippen LogP contribution in [-0.2, 0) is 22.6 Å². The van der Waals surface area contributed by atoms with Gasteiger partial charge in [-0.3, -0.25) is 18.8 Å². The van der Waals surface area contributed by atoms with E-state index in [0.29, 0.717) is 24.8 Å². The molecule has 2 aromatic heterocycles. The summed E-state index contributed by atoms with van der Waals surface area (Å²) in [4.78, 5) is 32.8. The zero-order valence-electron chi connectivity index (χ0n) is 18.1. The quantitative estimate of drug-likeness (QED) is 0.426. The van der Waals surface area contributed by atoms with E-state index in [1.165, 1.54) is 11.3 Å². The maximum atomic E-state index is 13.4. The van der Waals surface area contributed by atoms with Gasteiger partial charge in [-0.15, -0.1) is 0 Å². The van der Waals surface area contributed by atoms with Crippen molar-refractivity contribution >= 4 is 43.6 Å². The van der Waals surface area contributed by atoms with E-state index in [1.54, 1.807) is 14.0 Å². The van der Waals surface area contributed by atoms with Crippen molar-refractivity contribution in [2.45, 2.75) is 45.4 Å². The van der Waals surface area contributed by atoms with Gasteiger partial charge in [0.2, 0.25) is 5.91 Å². The van der Waals surface area contributed by atoms with Gasteiger partial charge in [-0.1, -0.05) is 35.6 Å². The molecule has 8 heteroatoms. The molecule has 0 unspecified atom stereocenters. The van der Waals surface area contributed by atoms with Gasteiger partial charge in [0.25, 0.3) is 0 Å². The number of imidazole rings is 1. The van der Waals surface area contributed by atoms with Gasteiger partial charge in [0.15, 0.2) is 5.13 Å². The molecule has 32 heavy (non-hydrogen) atoms. The fraction of sp³-hybridized carbons (Fsp3) is 0.375. The van der Waals surface area contributed by atoms with E-state index >= 15 is 0 Å². The Bertz CT molecular complexity index is 1280. The number of carbonyl (C=O) groups excluding carboxylic acids is 1. The molecule has 166 valence electrons. The van der Waals surface area contributed by atoms with Gasteiger partial charge >= 0.3 is 5.69 Å². The number of ether oxygens (including phenoxy) is 1. The summed E-state index contributed by atoms with van der Waals surface area (Å²) in [5.41, 5.74) is 2.57. The molecular formula is C24H26N4O3S. The van der Waals surface area contributed by atoms with Gasteiger partial charge in [-0.2, -0.15) is 0 Å². The van der Waals surface area contributed by atoms with Crippen LogP contribution in [0.25, 0.3) is 21.3 Å². The maximum absolute atomic E-state index is 13.4. The lowest BCUT2D eigenvalue weighted by Gasteiger charge is -2.23. The Balaban J connectivity index is 1.42. The smallest absolute Gasteiger partial charge is 0.329 e. The van der Waals surface area contributed by atoms with Gasteiger partial charge in [0, 0.05) is 26.1 Å². The molecule has 4 aromatic rings. The van der Waals surface area contributed by atoms with Crippen LogP contribution in [0.3, 0.4) is 0 Å². The lowest BCUT2D eigenvalue weighted by atomic mass is 10.2. The second kappa shape index (κ2) is 8.88. The average Bonchev–Trinajstić information content (AvgIpc) is 3.53. The van der Waals surface area contributed by atoms with Crippen molar-refractivity contribution in [3.8, 4) is 0 Å². The number of fused-ring (bicyclic) bond motifs is 2. The van der Waals surface area contributed by atoms with Crippen molar-refractivity contribution in [2.24, 2.45) is 0 Å². The number of hydrogen-bond acceptors (Lipinski definition) is 5. The molecule has 0 bridgehead atoms. The third-order valence-electron chi connectivity index (χ3n) is 6.02. The summed E-state index contributed by atoms with van der Waals surface area (Å²) in [6.07, 6.45) is 2.20. The molecule has 1 atom stereocenters. The van der Waals surface area contributed by atoms with E-state index in [9.17, 15) is 9.59 Å². The number of rotatable bonds is 7. The fourth-order valence-corrected chi connectivity index (χ4v) is 5.38. The molecule has 1 fully saturated rings. The Morgan fingerprint density at radius 3 is 2.62 bits per heavy atom. The van der Waals surface area contributed by atoms with Crippen LogP contribution in [0.5, 0.6) is 0 Å². The number of para-hydroxylation sites is 3. The topological polar surface area (TPSA) is 69.4 Å². The Morgan fingerprint density at radius 1 is 1.16 bits per heavy atom. The molecule has 5 rings (SSSR count). The molecule has 0 saturated carbocycles. The first kappa shape index (κ1) is 20.9. The minimum atomic E-state index is -0.0767. The molecule has 1 saturated heterocycles. The SMILES string of the molecule is CCn1c(=O)n(CCC(=O)N(C[C@H]2CCCO2)c2nc3ccccc3s2)c2ccccc21. The number of thiazole rings is 1. The second-order valence-electron chi connectivity index (χ2n) is 8.02. The minimum Gasteiger partial charge on any atom is -0.376 e. The first-order valence-electron chi connectivity index (χ1n) is 11.1. The van der Waals surface area contributed by atoms with E-state index in [2.05, 4.69) is 0 Å². The van der Waals surface area contributed by atoms with Gasteiger partial charge in [0.05, 0.1) is 33.9 Å². The van der Waals surface area contributed by atoms with E-state index in [4.69, 9.17) is 9.72 Å². The highest BCUT2D eigenvalue weighted by Gasteiger charge is 2.26. The molecule has 1 aliphatic rings. The molecule has 7 nitrogen and oxygen atoms in total. The predicted molar refractivity (Wildman–Crippen MR) is 127 cm³/mol. The Morgan fingerprint density at radius 2 is 1.91 bits per heavy atom. The summed E-state index contributed by atoms with van der Waals surface area (Å²) >= 11 is 1.52. The minimum absolute atomic E-state index is 0.0238. The van der Waals surface area contributed by atoms with Crippen LogP contribution in [0.15, 0.2) is 53.3 Å². The van der Waals surface area contributed by atoms with Crippen LogP contribution in [0.4, 0.5) is 5.13 Å². The third kappa shape index (κ3) is 3.84. The van der Waals surface area contributed by atoms with E-state index in [0.717, 1.165) is 40.7 Å². The van der Waals surface area contributed by atoms with Crippen LogP contribution in [0, 0.1) is 0 Å². The van der Waals surface area contributed by atoms with Crippen molar-refractivity contribution in [1.82, 2.24) is 14.1 Å². The predicted octanol–water partition coefficient (Wildman–Crippen LogP) is 4.03. The number of aromatic nitrogens is 3. The highest BCUT2D eigenvalue weighted by Crippen LogP contribution is 2.30. The first-order chi connectivity index (χ1) is 15.7. The summed E-state index contributed by atoms with van der Waals surface area (Å²) < 4.78 is 10.3. The largest absolute Gasteiger partial charge is 0.376 e. The number of aryl methyl sites for hydroxylation is 2. The van der Waals surface area contributed by atoms with Gasteiger partial charge in [-0.05, 0) is 44.0 Å². The Kier molecular flexibility index (Phi) is 5.80. The summed E-state index contributed by atoms with van der Waals surface area (Å²) in [6.45, 7) is 4.11.